The first kappa shape index (κ1) is 11.3. The second-order valence-electron chi connectivity index (χ2n) is 3.42. The molecule has 0 bridgehead atoms. The average molecular weight is 229 g/mol. The number of halogens is 1. The van der Waals surface area contributed by atoms with Gasteiger partial charge in [0.25, 0.3) is 0 Å². The zero-order chi connectivity index (χ0) is 11.9. The Kier molecular flexibility index (Phi) is 3.86. The second-order valence-corrected chi connectivity index (χ2v) is 3.42. The number of hydrogen-bond acceptors (Lipinski definition) is 2. The fourth-order valence-corrected chi connectivity index (χ4v) is 1.35. The maximum atomic E-state index is 12.7. The van der Waals surface area contributed by atoms with Gasteiger partial charge >= 0.3 is 0 Å². The highest BCUT2D eigenvalue weighted by molar-refractivity contribution is 5.48. The fourth-order valence-electron chi connectivity index (χ4n) is 1.35. The molecule has 2 rings (SSSR count). The van der Waals surface area contributed by atoms with Crippen LogP contribution in [0.1, 0.15) is 5.56 Å². The minimum absolute atomic E-state index is 0.294. The third-order valence-electron chi connectivity index (χ3n) is 2.13. The molecule has 0 fully saturated rings. The van der Waals surface area contributed by atoms with Crippen LogP contribution in [0.25, 0.3) is 6.08 Å². The number of nitrogens with zero attached hydrogens (tertiary/aromatic N) is 1. The molecule has 1 heterocycles. The first-order chi connectivity index (χ1) is 8.34. The van der Waals surface area contributed by atoms with Gasteiger partial charge in [-0.15, -0.1) is 0 Å². The van der Waals surface area contributed by atoms with Gasteiger partial charge in [-0.05, 0) is 17.7 Å². The second kappa shape index (κ2) is 5.80. The van der Waals surface area contributed by atoms with Crippen molar-refractivity contribution in [2.45, 2.75) is 0 Å². The van der Waals surface area contributed by atoms with Gasteiger partial charge in [-0.1, -0.05) is 42.5 Å². The van der Waals surface area contributed by atoms with Crippen molar-refractivity contribution in [2.75, 3.05) is 6.61 Å². The summed E-state index contributed by atoms with van der Waals surface area (Å²) in [4.78, 5) is 3.59. The Bertz CT molecular complexity index is 497. The van der Waals surface area contributed by atoms with Crippen LogP contribution in [-0.4, -0.2) is 11.6 Å². The predicted octanol–water partition coefficient (Wildman–Crippen LogP) is 3.31. The van der Waals surface area contributed by atoms with E-state index in [1.54, 1.807) is 12.1 Å². The summed E-state index contributed by atoms with van der Waals surface area (Å²) < 4.78 is 18.0. The molecule has 86 valence electrons. The average Bonchev–Trinajstić information content (AvgIpc) is 2.36. The van der Waals surface area contributed by atoms with Crippen LogP contribution >= 0.6 is 0 Å². The van der Waals surface area contributed by atoms with E-state index < -0.39 is 5.95 Å². The van der Waals surface area contributed by atoms with E-state index in [4.69, 9.17) is 4.74 Å². The predicted molar refractivity (Wildman–Crippen MR) is 65.2 cm³/mol. The highest BCUT2D eigenvalue weighted by Gasteiger charge is 1.95. The molecule has 1 aromatic heterocycles. The summed E-state index contributed by atoms with van der Waals surface area (Å²) in [6, 6.07) is 14.4. The van der Waals surface area contributed by atoms with Crippen molar-refractivity contribution >= 4 is 6.08 Å². The Labute approximate surface area is 99.4 Å². The van der Waals surface area contributed by atoms with Gasteiger partial charge in [0.15, 0.2) is 0 Å². The minimum Gasteiger partial charge on any atom is -0.473 e. The highest BCUT2D eigenvalue weighted by atomic mass is 19.1. The quantitative estimate of drug-likeness (QED) is 0.750. The lowest BCUT2D eigenvalue weighted by Crippen LogP contribution is -1.96. The summed E-state index contributed by atoms with van der Waals surface area (Å²) in [6.07, 6.45) is 3.81. The maximum Gasteiger partial charge on any atom is 0.216 e. The number of pyridine rings is 1. The first-order valence-corrected chi connectivity index (χ1v) is 5.31. The molecular weight excluding hydrogens is 217 g/mol. The van der Waals surface area contributed by atoms with Gasteiger partial charge in [-0.25, -0.2) is 0 Å². The van der Waals surface area contributed by atoms with E-state index in [2.05, 4.69) is 4.98 Å². The van der Waals surface area contributed by atoms with Gasteiger partial charge in [0.1, 0.15) is 6.61 Å². The van der Waals surface area contributed by atoms with Crippen molar-refractivity contribution in [3.63, 3.8) is 0 Å². The van der Waals surface area contributed by atoms with E-state index in [9.17, 15) is 4.39 Å². The zero-order valence-corrected chi connectivity index (χ0v) is 9.21. The molecule has 2 nitrogen and oxygen atoms in total. The molecule has 0 amide bonds. The van der Waals surface area contributed by atoms with Crippen LogP contribution in [0.15, 0.2) is 54.6 Å². The standard InChI is InChI=1S/C14H12FNO/c15-13-9-4-10-14(16-13)17-11-5-8-12-6-2-1-3-7-12/h1-10H,11H2/b8-5+. The van der Waals surface area contributed by atoms with Gasteiger partial charge in [0, 0.05) is 6.07 Å². The molecule has 1 aromatic carbocycles. The van der Waals surface area contributed by atoms with E-state index in [1.165, 1.54) is 6.07 Å². The Morgan fingerprint density at radius 1 is 1.06 bits per heavy atom. The molecule has 0 atom stereocenters. The number of benzene rings is 1. The Hall–Kier alpha value is -2.16. The SMILES string of the molecule is Fc1cccc(OC/C=C/c2ccccc2)n1. The normalized spacial score (nSPS) is 10.6. The Balaban J connectivity index is 1.86. The van der Waals surface area contributed by atoms with Crippen LogP contribution in [0.3, 0.4) is 0 Å². The van der Waals surface area contributed by atoms with Gasteiger partial charge in [0.05, 0.1) is 0 Å². The Morgan fingerprint density at radius 3 is 2.65 bits per heavy atom. The molecule has 0 saturated heterocycles. The maximum absolute atomic E-state index is 12.7. The van der Waals surface area contributed by atoms with E-state index in [0.717, 1.165) is 5.56 Å². The molecule has 0 unspecified atom stereocenters. The molecule has 2 aromatic rings. The third-order valence-corrected chi connectivity index (χ3v) is 2.13. The van der Waals surface area contributed by atoms with E-state index in [-0.39, 0.29) is 0 Å². The smallest absolute Gasteiger partial charge is 0.216 e. The molecule has 0 aliphatic rings. The van der Waals surface area contributed by atoms with Crippen molar-refractivity contribution in [3.05, 3.63) is 66.1 Å². The topological polar surface area (TPSA) is 22.1 Å². The first-order valence-electron chi connectivity index (χ1n) is 5.31. The van der Waals surface area contributed by atoms with Crippen LogP contribution in [0, 0.1) is 5.95 Å². The molecule has 0 spiro atoms. The molecular formula is C14H12FNO. The molecule has 17 heavy (non-hydrogen) atoms. The summed E-state index contributed by atoms with van der Waals surface area (Å²) in [5.74, 6) is -0.239. The summed E-state index contributed by atoms with van der Waals surface area (Å²) in [5, 5.41) is 0. The van der Waals surface area contributed by atoms with Crippen molar-refractivity contribution in [3.8, 4) is 5.88 Å². The van der Waals surface area contributed by atoms with Gasteiger partial charge in [-0.2, -0.15) is 9.37 Å². The largest absolute Gasteiger partial charge is 0.473 e. The van der Waals surface area contributed by atoms with E-state index in [1.807, 2.05) is 42.5 Å². The monoisotopic (exact) mass is 229 g/mol. The van der Waals surface area contributed by atoms with Crippen LogP contribution < -0.4 is 4.74 Å². The third kappa shape index (κ3) is 3.72. The summed E-state index contributed by atoms with van der Waals surface area (Å²) >= 11 is 0. The lowest BCUT2D eigenvalue weighted by atomic mass is 10.2. The summed E-state index contributed by atoms with van der Waals surface area (Å²) in [6.45, 7) is 0.366. The van der Waals surface area contributed by atoms with E-state index in [0.29, 0.717) is 12.5 Å². The molecule has 3 heteroatoms. The van der Waals surface area contributed by atoms with Gasteiger partial charge in [-0.3, -0.25) is 0 Å². The van der Waals surface area contributed by atoms with Crippen molar-refractivity contribution in [1.29, 1.82) is 0 Å². The molecule has 0 aliphatic heterocycles. The van der Waals surface area contributed by atoms with Crippen molar-refractivity contribution in [1.82, 2.24) is 4.98 Å². The van der Waals surface area contributed by atoms with Crippen molar-refractivity contribution in [2.24, 2.45) is 0 Å². The Morgan fingerprint density at radius 2 is 1.88 bits per heavy atom. The fraction of sp³-hybridized carbons (Fsp3) is 0.0714. The summed E-state index contributed by atoms with van der Waals surface area (Å²) in [7, 11) is 0. The zero-order valence-electron chi connectivity index (χ0n) is 9.21. The highest BCUT2D eigenvalue weighted by Crippen LogP contribution is 2.06. The van der Waals surface area contributed by atoms with Crippen molar-refractivity contribution < 1.29 is 9.13 Å². The van der Waals surface area contributed by atoms with E-state index >= 15 is 0 Å². The van der Waals surface area contributed by atoms with Crippen LogP contribution in [-0.2, 0) is 0 Å². The van der Waals surface area contributed by atoms with Crippen LogP contribution in [0.5, 0.6) is 5.88 Å². The minimum atomic E-state index is -0.533. The van der Waals surface area contributed by atoms with Gasteiger partial charge in [0.2, 0.25) is 11.8 Å². The molecule has 0 N–H and O–H groups in total. The number of ether oxygens (including phenoxy) is 1. The van der Waals surface area contributed by atoms with Crippen LogP contribution in [0.4, 0.5) is 4.39 Å². The lowest BCUT2D eigenvalue weighted by molar-refractivity contribution is 0.342. The van der Waals surface area contributed by atoms with Crippen LogP contribution in [0.2, 0.25) is 0 Å². The lowest BCUT2D eigenvalue weighted by Gasteiger charge is -2.00. The number of aromatic nitrogens is 1. The number of rotatable bonds is 4. The molecule has 0 saturated carbocycles. The summed E-state index contributed by atoms with van der Waals surface area (Å²) in [5.41, 5.74) is 1.10. The molecule has 0 aliphatic carbocycles. The number of hydrogen-bond donors (Lipinski definition) is 0. The molecule has 0 radical (unpaired) electrons. The van der Waals surface area contributed by atoms with Gasteiger partial charge < -0.3 is 4.74 Å².